The summed E-state index contributed by atoms with van der Waals surface area (Å²) in [5.74, 6) is 1.02. The lowest BCUT2D eigenvalue weighted by Gasteiger charge is -2.09. The first-order valence-electron chi connectivity index (χ1n) is 5.92. The predicted molar refractivity (Wildman–Crippen MR) is 68.7 cm³/mol. The average molecular weight is 230 g/mol. The topological polar surface area (TPSA) is 56.7 Å². The zero-order valence-corrected chi connectivity index (χ0v) is 10.3. The Morgan fingerprint density at radius 1 is 1.29 bits per heavy atom. The zero-order chi connectivity index (χ0) is 12.3. The van der Waals surface area contributed by atoms with Crippen molar-refractivity contribution in [2.24, 2.45) is 0 Å². The van der Waals surface area contributed by atoms with Crippen molar-refractivity contribution in [1.29, 1.82) is 0 Å². The summed E-state index contributed by atoms with van der Waals surface area (Å²) in [5.41, 5.74) is 8.78. The van der Waals surface area contributed by atoms with E-state index in [4.69, 9.17) is 5.73 Å². The number of pyridine rings is 1. The SMILES string of the molecule is CCCn1ccnc1Cc1nccc(C)c1N. The van der Waals surface area contributed by atoms with Crippen molar-refractivity contribution in [3.8, 4) is 0 Å². The van der Waals surface area contributed by atoms with E-state index in [0.29, 0.717) is 6.42 Å². The number of hydrogen-bond acceptors (Lipinski definition) is 3. The molecule has 90 valence electrons. The highest BCUT2D eigenvalue weighted by Crippen LogP contribution is 2.16. The lowest BCUT2D eigenvalue weighted by Crippen LogP contribution is -2.07. The van der Waals surface area contributed by atoms with Crippen molar-refractivity contribution in [3.63, 3.8) is 0 Å². The molecular formula is C13H18N4. The van der Waals surface area contributed by atoms with E-state index in [0.717, 1.165) is 35.7 Å². The van der Waals surface area contributed by atoms with E-state index in [9.17, 15) is 0 Å². The first-order valence-corrected chi connectivity index (χ1v) is 5.92. The summed E-state index contributed by atoms with van der Waals surface area (Å²) < 4.78 is 2.16. The summed E-state index contributed by atoms with van der Waals surface area (Å²) in [5, 5.41) is 0. The molecule has 2 heterocycles. The summed E-state index contributed by atoms with van der Waals surface area (Å²) in [7, 11) is 0. The summed E-state index contributed by atoms with van der Waals surface area (Å²) >= 11 is 0. The van der Waals surface area contributed by atoms with E-state index in [1.54, 1.807) is 6.20 Å². The Kier molecular flexibility index (Phi) is 3.42. The number of nitrogens with zero attached hydrogens (tertiary/aromatic N) is 3. The van der Waals surface area contributed by atoms with Crippen LogP contribution in [0.15, 0.2) is 24.7 Å². The first-order chi connectivity index (χ1) is 8.22. The van der Waals surface area contributed by atoms with Crippen LogP contribution in [0.25, 0.3) is 0 Å². The van der Waals surface area contributed by atoms with Crippen LogP contribution in [0.1, 0.15) is 30.4 Å². The lowest BCUT2D eigenvalue weighted by atomic mass is 10.1. The Balaban J connectivity index is 2.25. The Bertz CT molecular complexity index is 502. The van der Waals surface area contributed by atoms with Gasteiger partial charge in [-0.15, -0.1) is 0 Å². The van der Waals surface area contributed by atoms with Crippen LogP contribution in [0, 0.1) is 6.92 Å². The number of aromatic nitrogens is 3. The molecule has 2 rings (SSSR count). The largest absolute Gasteiger partial charge is 0.397 e. The maximum Gasteiger partial charge on any atom is 0.114 e. The van der Waals surface area contributed by atoms with Crippen LogP contribution >= 0.6 is 0 Å². The van der Waals surface area contributed by atoms with Gasteiger partial charge < -0.3 is 10.3 Å². The summed E-state index contributed by atoms with van der Waals surface area (Å²) in [6.45, 7) is 5.14. The summed E-state index contributed by atoms with van der Waals surface area (Å²) in [6, 6.07) is 1.93. The molecule has 0 aliphatic carbocycles. The minimum atomic E-state index is 0.695. The van der Waals surface area contributed by atoms with E-state index in [2.05, 4.69) is 21.5 Å². The molecule has 0 spiro atoms. The van der Waals surface area contributed by atoms with Gasteiger partial charge in [-0.05, 0) is 25.0 Å². The quantitative estimate of drug-likeness (QED) is 0.875. The second-order valence-electron chi connectivity index (χ2n) is 4.20. The molecule has 0 saturated heterocycles. The summed E-state index contributed by atoms with van der Waals surface area (Å²) in [4.78, 5) is 8.71. The molecule has 2 aromatic heterocycles. The van der Waals surface area contributed by atoms with Gasteiger partial charge in [0.25, 0.3) is 0 Å². The number of imidazole rings is 1. The number of anilines is 1. The molecular weight excluding hydrogens is 212 g/mol. The van der Waals surface area contributed by atoms with Gasteiger partial charge in [0.2, 0.25) is 0 Å². The number of nitrogen functional groups attached to an aromatic ring is 1. The van der Waals surface area contributed by atoms with E-state index < -0.39 is 0 Å². The van der Waals surface area contributed by atoms with Gasteiger partial charge in [0, 0.05) is 25.1 Å². The standard InChI is InChI=1S/C13H18N4/c1-3-7-17-8-6-16-12(17)9-11-13(14)10(2)4-5-15-11/h4-6,8H,3,7,9,14H2,1-2H3. The van der Waals surface area contributed by atoms with E-state index in [1.165, 1.54) is 0 Å². The molecule has 0 radical (unpaired) electrons. The normalized spacial score (nSPS) is 10.7. The van der Waals surface area contributed by atoms with Crippen LogP contribution in [0.4, 0.5) is 5.69 Å². The van der Waals surface area contributed by atoms with Crippen LogP contribution in [0.5, 0.6) is 0 Å². The molecule has 0 aliphatic heterocycles. The van der Waals surface area contributed by atoms with Crippen molar-refractivity contribution in [1.82, 2.24) is 14.5 Å². The maximum atomic E-state index is 6.02. The Morgan fingerprint density at radius 3 is 2.88 bits per heavy atom. The van der Waals surface area contributed by atoms with Crippen LogP contribution in [0.2, 0.25) is 0 Å². The van der Waals surface area contributed by atoms with Crippen molar-refractivity contribution in [2.75, 3.05) is 5.73 Å². The van der Waals surface area contributed by atoms with Gasteiger partial charge in [-0.3, -0.25) is 4.98 Å². The molecule has 0 aromatic carbocycles. The monoisotopic (exact) mass is 230 g/mol. The Labute approximate surface area is 102 Å². The third kappa shape index (κ3) is 2.46. The third-order valence-corrected chi connectivity index (χ3v) is 2.88. The number of rotatable bonds is 4. The minimum Gasteiger partial charge on any atom is -0.397 e. The predicted octanol–water partition coefficient (Wildman–Crippen LogP) is 2.17. The van der Waals surface area contributed by atoms with Gasteiger partial charge in [-0.1, -0.05) is 6.92 Å². The molecule has 0 saturated carbocycles. The second kappa shape index (κ2) is 4.99. The summed E-state index contributed by atoms with van der Waals surface area (Å²) in [6.07, 6.45) is 7.43. The highest BCUT2D eigenvalue weighted by atomic mass is 15.1. The van der Waals surface area contributed by atoms with Gasteiger partial charge in [-0.25, -0.2) is 4.98 Å². The Hall–Kier alpha value is -1.84. The van der Waals surface area contributed by atoms with Crippen LogP contribution in [-0.2, 0) is 13.0 Å². The fraction of sp³-hybridized carbons (Fsp3) is 0.385. The lowest BCUT2D eigenvalue weighted by molar-refractivity contribution is 0.645. The first kappa shape index (κ1) is 11.6. The second-order valence-corrected chi connectivity index (χ2v) is 4.20. The molecule has 4 heteroatoms. The molecule has 0 bridgehead atoms. The molecule has 2 aromatic rings. The Morgan fingerprint density at radius 2 is 2.12 bits per heavy atom. The molecule has 0 fully saturated rings. The zero-order valence-electron chi connectivity index (χ0n) is 10.3. The van der Waals surface area contributed by atoms with Gasteiger partial charge in [-0.2, -0.15) is 0 Å². The van der Waals surface area contributed by atoms with Crippen molar-refractivity contribution >= 4 is 5.69 Å². The minimum absolute atomic E-state index is 0.695. The van der Waals surface area contributed by atoms with Gasteiger partial charge in [0.05, 0.1) is 17.8 Å². The van der Waals surface area contributed by atoms with E-state index in [-0.39, 0.29) is 0 Å². The van der Waals surface area contributed by atoms with Gasteiger partial charge in [0.1, 0.15) is 5.82 Å². The molecule has 0 amide bonds. The molecule has 2 N–H and O–H groups in total. The van der Waals surface area contributed by atoms with Gasteiger partial charge >= 0.3 is 0 Å². The van der Waals surface area contributed by atoms with Gasteiger partial charge in [0.15, 0.2) is 0 Å². The number of hydrogen-bond donors (Lipinski definition) is 1. The fourth-order valence-corrected chi connectivity index (χ4v) is 1.87. The van der Waals surface area contributed by atoms with Crippen LogP contribution in [0.3, 0.4) is 0 Å². The number of aryl methyl sites for hydroxylation is 2. The average Bonchev–Trinajstić information content (AvgIpc) is 2.73. The van der Waals surface area contributed by atoms with Crippen LogP contribution < -0.4 is 5.73 Å². The molecule has 0 unspecified atom stereocenters. The molecule has 0 atom stereocenters. The molecule has 4 nitrogen and oxygen atoms in total. The van der Waals surface area contributed by atoms with E-state index in [1.807, 2.05) is 25.4 Å². The molecule has 0 aliphatic rings. The van der Waals surface area contributed by atoms with Crippen molar-refractivity contribution in [2.45, 2.75) is 33.2 Å². The highest BCUT2D eigenvalue weighted by molar-refractivity contribution is 5.50. The van der Waals surface area contributed by atoms with Crippen molar-refractivity contribution < 1.29 is 0 Å². The van der Waals surface area contributed by atoms with Crippen molar-refractivity contribution in [3.05, 3.63) is 41.7 Å². The number of nitrogens with two attached hydrogens (primary N) is 1. The molecule has 17 heavy (non-hydrogen) atoms. The van der Waals surface area contributed by atoms with E-state index >= 15 is 0 Å². The highest BCUT2D eigenvalue weighted by Gasteiger charge is 2.08. The third-order valence-electron chi connectivity index (χ3n) is 2.88. The maximum absolute atomic E-state index is 6.02. The van der Waals surface area contributed by atoms with Crippen LogP contribution in [-0.4, -0.2) is 14.5 Å². The smallest absolute Gasteiger partial charge is 0.114 e. The fourth-order valence-electron chi connectivity index (χ4n) is 1.87.